The lowest BCUT2D eigenvalue weighted by atomic mass is 10.1. The third-order valence-corrected chi connectivity index (χ3v) is 5.12. The molecule has 2 aromatic carbocycles. The lowest BCUT2D eigenvalue weighted by Gasteiger charge is -2.09. The van der Waals surface area contributed by atoms with Crippen LogP contribution in [-0.2, 0) is 4.79 Å². The normalized spacial score (nSPS) is 11.1. The highest BCUT2D eigenvalue weighted by molar-refractivity contribution is 5.85. The number of aryl methyl sites for hydroxylation is 4. The van der Waals surface area contributed by atoms with Crippen molar-refractivity contribution in [3.05, 3.63) is 82.2 Å². The van der Waals surface area contributed by atoms with Crippen LogP contribution in [0.1, 0.15) is 33.6 Å². The summed E-state index contributed by atoms with van der Waals surface area (Å²) in [5, 5.41) is 7.25. The number of amides is 1. The van der Waals surface area contributed by atoms with Gasteiger partial charge in [0.25, 0.3) is 5.91 Å². The van der Waals surface area contributed by atoms with Gasteiger partial charge in [-0.1, -0.05) is 23.8 Å². The van der Waals surface area contributed by atoms with Gasteiger partial charge in [-0.3, -0.25) is 4.79 Å². The number of benzene rings is 2. The van der Waals surface area contributed by atoms with Crippen LogP contribution in [0.5, 0.6) is 0 Å². The standard InChI is InChI=1S/C24H28N4O/c1-16-6-10-23(11-7-16)28-19(4)13-21(20(28)5)14-26-27-24(29)15-25-22-9-8-17(2)18(3)12-22/h6-14,25H,15H2,1-5H3,(H,27,29)/b26-14+. The highest BCUT2D eigenvalue weighted by Gasteiger charge is 2.09. The maximum absolute atomic E-state index is 12.1. The first-order chi connectivity index (χ1) is 13.8. The molecule has 3 aromatic rings. The number of hydrogen-bond donors (Lipinski definition) is 2. The number of hydrogen-bond acceptors (Lipinski definition) is 3. The number of nitrogens with zero attached hydrogens (tertiary/aromatic N) is 2. The summed E-state index contributed by atoms with van der Waals surface area (Å²) < 4.78 is 2.18. The van der Waals surface area contributed by atoms with Gasteiger partial charge in [0.2, 0.25) is 0 Å². The van der Waals surface area contributed by atoms with Crippen molar-refractivity contribution in [2.24, 2.45) is 5.10 Å². The minimum absolute atomic E-state index is 0.169. The van der Waals surface area contributed by atoms with Gasteiger partial charge in [0, 0.05) is 28.3 Å². The van der Waals surface area contributed by atoms with Crippen molar-refractivity contribution < 1.29 is 4.79 Å². The molecule has 5 heteroatoms. The van der Waals surface area contributed by atoms with Crippen molar-refractivity contribution >= 4 is 17.8 Å². The summed E-state index contributed by atoms with van der Waals surface area (Å²) in [6.07, 6.45) is 1.70. The van der Waals surface area contributed by atoms with E-state index in [9.17, 15) is 4.79 Å². The van der Waals surface area contributed by atoms with E-state index < -0.39 is 0 Å². The maximum Gasteiger partial charge on any atom is 0.259 e. The molecule has 2 N–H and O–H groups in total. The number of carbonyl (C=O) groups is 1. The molecule has 0 saturated carbocycles. The Labute approximate surface area is 172 Å². The molecule has 3 rings (SSSR count). The molecule has 1 amide bonds. The van der Waals surface area contributed by atoms with Gasteiger partial charge in [0.05, 0.1) is 12.8 Å². The number of aromatic nitrogens is 1. The van der Waals surface area contributed by atoms with Crippen molar-refractivity contribution in [1.29, 1.82) is 0 Å². The molecule has 0 radical (unpaired) electrons. The topological polar surface area (TPSA) is 58.4 Å². The monoisotopic (exact) mass is 388 g/mol. The molecule has 0 spiro atoms. The molecule has 0 fully saturated rings. The Balaban J connectivity index is 1.61. The minimum atomic E-state index is -0.188. The van der Waals surface area contributed by atoms with Crippen molar-refractivity contribution in [1.82, 2.24) is 9.99 Å². The molecule has 0 unspecified atom stereocenters. The van der Waals surface area contributed by atoms with Crippen LogP contribution in [0.3, 0.4) is 0 Å². The predicted molar refractivity (Wildman–Crippen MR) is 120 cm³/mol. The number of carbonyl (C=O) groups excluding carboxylic acids is 1. The summed E-state index contributed by atoms with van der Waals surface area (Å²) >= 11 is 0. The van der Waals surface area contributed by atoms with Gasteiger partial charge in [-0.15, -0.1) is 0 Å². The van der Waals surface area contributed by atoms with E-state index in [0.717, 1.165) is 28.3 Å². The molecule has 0 atom stereocenters. The van der Waals surface area contributed by atoms with Gasteiger partial charge < -0.3 is 9.88 Å². The number of hydrazone groups is 1. The van der Waals surface area contributed by atoms with Crippen LogP contribution in [0, 0.1) is 34.6 Å². The fourth-order valence-electron chi connectivity index (χ4n) is 3.26. The van der Waals surface area contributed by atoms with Crippen molar-refractivity contribution in [3.8, 4) is 5.69 Å². The average molecular weight is 389 g/mol. The number of anilines is 1. The van der Waals surface area contributed by atoms with Crippen LogP contribution in [0.15, 0.2) is 53.6 Å². The van der Waals surface area contributed by atoms with Crippen LogP contribution in [0.4, 0.5) is 5.69 Å². The second-order valence-electron chi connectivity index (χ2n) is 7.44. The zero-order chi connectivity index (χ0) is 21.0. The summed E-state index contributed by atoms with van der Waals surface area (Å²) in [7, 11) is 0. The van der Waals surface area contributed by atoms with Gasteiger partial charge >= 0.3 is 0 Å². The highest BCUT2D eigenvalue weighted by atomic mass is 16.2. The van der Waals surface area contributed by atoms with Crippen LogP contribution < -0.4 is 10.7 Å². The van der Waals surface area contributed by atoms with Crippen molar-refractivity contribution in [2.45, 2.75) is 34.6 Å². The smallest absolute Gasteiger partial charge is 0.259 e. The van der Waals surface area contributed by atoms with E-state index in [4.69, 9.17) is 0 Å². The molecule has 0 saturated heterocycles. The van der Waals surface area contributed by atoms with Crippen LogP contribution in [0.2, 0.25) is 0 Å². The Bertz CT molecular complexity index is 1050. The summed E-state index contributed by atoms with van der Waals surface area (Å²) in [5.74, 6) is -0.188. The van der Waals surface area contributed by atoms with E-state index >= 15 is 0 Å². The van der Waals surface area contributed by atoms with E-state index in [1.54, 1.807) is 6.21 Å². The molecule has 0 aliphatic rings. The van der Waals surface area contributed by atoms with E-state index in [-0.39, 0.29) is 12.5 Å². The summed E-state index contributed by atoms with van der Waals surface area (Å²) in [5.41, 5.74) is 11.5. The Hall–Kier alpha value is -3.34. The summed E-state index contributed by atoms with van der Waals surface area (Å²) in [4.78, 5) is 12.1. The fraction of sp³-hybridized carbons (Fsp3) is 0.250. The highest BCUT2D eigenvalue weighted by Crippen LogP contribution is 2.20. The molecule has 0 aliphatic heterocycles. The zero-order valence-corrected chi connectivity index (χ0v) is 17.7. The predicted octanol–water partition coefficient (Wildman–Crippen LogP) is 4.58. The first kappa shape index (κ1) is 20.4. The second kappa shape index (κ2) is 8.78. The van der Waals surface area contributed by atoms with Gasteiger partial charge in [-0.05, 0) is 76.1 Å². The molecule has 1 heterocycles. The van der Waals surface area contributed by atoms with Crippen molar-refractivity contribution in [3.63, 3.8) is 0 Å². The lowest BCUT2D eigenvalue weighted by molar-refractivity contribution is -0.119. The fourth-order valence-corrected chi connectivity index (χ4v) is 3.26. The molecule has 150 valence electrons. The zero-order valence-electron chi connectivity index (χ0n) is 17.7. The molecule has 5 nitrogen and oxygen atoms in total. The van der Waals surface area contributed by atoms with Gasteiger partial charge in [-0.2, -0.15) is 5.10 Å². The molecule has 0 aliphatic carbocycles. The Morgan fingerprint density at radius 1 is 0.966 bits per heavy atom. The van der Waals surface area contributed by atoms with Crippen molar-refractivity contribution in [2.75, 3.05) is 11.9 Å². The largest absolute Gasteiger partial charge is 0.376 e. The number of rotatable bonds is 6. The average Bonchev–Trinajstić information content (AvgIpc) is 2.97. The van der Waals surface area contributed by atoms with E-state index in [2.05, 4.69) is 85.4 Å². The number of nitrogens with one attached hydrogen (secondary N) is 2. The quantitative estimate of drug-likeness (QED) is 0.480. The SMILES string of the molecule is Cc1ccc(-n2c(C)cc(/C=N/NC(=O)CNc3ccc(C)c(C)c3)c2C)cc1. The van der Waals surface area contributed by atoms with Gasteiger partial charge in [-0.25, -0.2) is 5.43 Å². The Kier molecular flexibility index (Phi) is 6.17. The van der Waals surface area contributed by atoms with Gasteiger partial charge in [0.1, 0.15) is 0 Å². The molecule has 29 heavy (non-hydrogen) atoms. The summed E-state index contributed by atoms with van der Waals surface area (Å²) in [6, 6.07) is 16.5. The lowest BCUT2D eigenvalue weighted by Crippen LogP contribution is -2.25. The Morgan fingerprint density at radius 2 is 1.69 bits per heavy atom. The van der Waals surface area contributed by atoms with E-state index in [1.807, 2.05) is 18.2 Å². The van der Waals surface area contributed by atoms with E-state index in [1.165, 1.54) is 16.7 Å². The molecule has 1 aromatic heterocycles. The van der Waals surface area contributed by atoms with Crippen LogP contribution in [0.25, 0.3) is 5.69 Å². The first-order valence-electron chi connectivity index (χ1n) is 9.74. The maximum atomic E-state index is 12.1. The van der Waals surface area contributed by atoms with Crippen LogP contribution >= 0.6 is 0 Å². The minimum Gasteiger partial charge on any atom is -0.376 e. The second-order valence-corrected chi connectivity index (χ2v) is 7.44. The van der Waals surface area contributed by atoms with Crippen LogP contribution in [-0.4, -0.2) is 23.2 Å². The summed E-state index contributed by atoms with van der Waals surface area (Å²) in [6.45, 7) is 10.5. The van der Waals surface area contributed by atoms with Gasteiger partial charge in [0.15, 0.2) is 0 Å². The van der Waals surface area contributed by atoms with E-state index in [0.29, 0.717) is 0 Å². The molecular formula is C24H28N4O. The molecular weight excluding hydrogens is 360 g/mol. The Morgan fingerprint density at radius 3 is 2.38 bits per heavy atom. The first-order valence-corrected chi connectivity index (χ1v) is 9.74. The third-order valence-electron chi connectivity index (χ3n) is 5.12. The third kappa shape index (κ3) is 4.93. The molecule has 0 bridgehead atoms.